The van der Waals surface area contributed by atoms with Crippen LogP contribution in [-0.4, -0.2) is 31.6 Å². The molecule has 1 atom stereocenters. The molecular formula is C21H25N5O2S. The Hall–Kier alpha value is -2.61. The van der Waals surface area contributed by atoms with E-state index in [0.29, 0.717) is 11.1 Å². The highest BCUT2D eigenvalue weighted by Gasteiger charge is 2.36. The van der Waals surface area contributed by atoms with Crippen LogP contribution in [0.4, 0.5) is 0 Å². The SMILES string of the molecule is Cc1ccc(-n2ncc3c2CC(C)(C)C[C@H]3NC(=O)CSc2nnc(C)o2)cc1. The maximum Gasteiger partial charge on any atom is 0.277 e. The first-order valence-electron chi connectivity index (χ1n) is 9.67. The van der Waals surface area contributed by atoms with E-state index in [4.69, 9.17) is 4.42 Å². The molecule has 0 fully saturated rings. The first-order chi connectivity index (χ1) is 13.8. The van der Waals surface area contributed by atoms with Crippen molar-refractivity contribution in [3.8, 4) is 5.69 Å². The zero-order chi connectivity index (χ0) is 20.6. The number of hydrogen-bond donors (Lipinski definition) is 1. The van der Waals surface area contributed by atoms with E-state index in [1.165, 1.54) is 17.3 Å². The zero-order valence-electron chi connectivity index (χ0n) is 17.1. The van der Waals surface area contributed by atoms with Gasteiger partial charge in [0.25, 0.3) is 5.22 Å². The molecule has 2 aromatic heterocycles. The summed E-state index contributed by atoms with van der Waals surface area (Å²) in [6.07, 6.45) is 3.68. The molecule has 0 bridgehead atoms. The standard InChI is InChI=1S/C21H25N5O2S/c1-13-5-7-15(8-6-13)26-18-10-21(3,4)9-17(16(18)11-22-26)23-19(27)12-29-20-25-24-14(2)28-20/h5-8,11,17H,9-10,12H2,1-4H3,(H,23,27)/t17-/m1/s1. The van der Waals surface area contributed by atoms with E-state index < -0.39 is 0 Å². The lowest BCUT2D eigenvalue weighted by Gasteiger charge is -2.36. The summed E-state index contributed by atoms with van der Waals surface area (Å²) in [6, 6.07) is 8.28. The van der Waals surface area contributed by atoms with E-state index in [1.54, 1.807) is 6.92 Å². The normalized spacial score (nSPS) is 17.7. The van der Waals surface area contributed by atoms with Crippen molar-refractivity contribution in [2.24, 2.45) is 5.41 Å². The van der Waals surface area contributed by atoms with Crippen LogP contribution < -0.4 is 5.32 Å². The minimum absolute atomic E-state index is 0.0532. The lowest BCUT2D eigenvalue weighted by molar-refractivity contribution is -0.119. The van der Waals surface area contributed by atoms with Gasteiger partial charge < -0.3 is 9.73 Å². The Morgan fingerprint density at radius 2 is 2.03 bits per heavy atom. The van der Waals surface area contributed by atoms with Crippen molar-refractivity contribution in [2.75, 3.05) is 5.75 Å². The number of thioether (sulfide) groups is 1. The minimum atomic E-state index is -0.0644. The van der Waals surface area contributed by atoms with E-state index in [2.05, 4.69) is 65.6 Å². The fraction of sp³-hybridized carbons (Fsp3) is 0.429. The Balaban J connectivity index is 1.53. The molecule has 8 heteroatoms. The molecule has 1 amide bonds. The smallest absolute Gasteiger partial charge is 0.277 e. The van der Waals surface area contributed by atoms with E-state index in [1.807, 2.05) is 10.9 Å². The minimum Gasteiger partial charge on any atom is -0.416 e. The average molecular weight is 412 g/mol. The van der Waals surface area contributed by atoms with Crippen molar-refractivity contribution in [2.45, 2.75) is 51.8 Å². The number of aryl methyl sites for hydroxylation is 2. The number of amides is 1. The first-order valence-corrected chi connectivity index (χ1v) is 10.7. The van der Waals surface area contributed by atoms with Gasteiger partial charge in [-0.2, -0.15) is 5.10 Å². The van der Waals surface area contributed by atoms with Gasteiger partial charge in [0.05, 0.1) is 29.4 Å². The van der Waals surface area contributed by atoms with Crippen LogP contribution in [0.5, 0.6) is 0 Å². The highest BCUT2D eigenvalue weighted by atomic mass is 32.2. The molecule has 0 unspecified atom stereocenters. The van der Waals surface area contributed by atoms with Crippen LogP contribution in [0, 0.1) is 19.3 Å². The number of nitrogens with zero attached hydrogens (tertiary/aromatic N) is 4. The van der Waals surface area contributed by atoms with Crippen LogP contribution in [0.3, 0.4) is 0 Å². The van der Waals surface area contributed by atoms with Gasteiger partial charge in [-0.05, 0) is 37.3 Å². The largest absolute Gasteiger partial charge is 0.416 e. The second-order valence-electron chi connectivity index (χ2n) is 8.33. The summed E-state index contributed by atoms with van der Waals surface area (Å²) < 4.78 is 7.33. The number of fused-ring (bicyclic) bond motifs is 1. The molecule has 29 heavy (non-hydrogen) atoms. The van der Waals surface area contributed by atoms with Crippen LogP contribution in [0.15, 0.2) is 40.1 Å². The summed E-state index contributed by atoms with van der Waals surface area (Å²) in [7, 11) is 0. The van der Waals surface area contributed by atoms with Gasteiger partial charge in [-0.15, -0.1) is 10.2 Å². The highest BCUT2D eigenvalue weighted by molar-refractivity contribution is 7.99. The second kappa shape index (κ2) is 7.67. The molecule has 0 radical (unpaired) electrons. The molecule has 0 saturated heterocycles. The lowest BCUT2D eigenvalue weighted by Crippen LogP contribution is -2.37. The zero-order valence-corrected chi connectivity index (χ0v) is 17.9. The van der Waals surface area contributed by atoms with Gasteiger partial charge in [0, 0.05) is 12.5 Å². The number of carbonyl (C=O) groups excluding carboxylic acids is 1. The third-order valence-electron chi connectivity index (χ3n) is 5.13. The molecule has 1 N–H and O–H groups in total. The van der Waals surface area contributed by atoms with Gasteiger partial charge in [0.1, 0.15) is 0 Å². The molecule has 3 aromatic rings. The maximum absolute atomic E-state index is 12.6. The summed E-state index contributed by atoms with van der Waals surface area (Å²) in [5, 5.41) is 15.9. The number of hydrogen-bond acceptors (Lipinski definition) is 6. The second-order valence-corrected chi connectivity index (χ2v) is 9.26. The Morgan fingerprint density at radius 1 is 1.28 bits per heavy atom. The average Bonchev–Trinajstić information content (AvgIpc) is 3.26. The van der Waals surface area contributed by atoms with Crippen molar-refractivity contribution in [1.29, 1.82) is 0 Å². The van der Waals surface area contributed by atoms with Gasteiger partial charge in [0.2, 0.25) is 11.8 Å². The van der Waals surface area contributed by atoms with Crippen LogP contribution in [-0.2, 0) is 11.2 Å². The van der Waals surface area contributed by atoms with E-state index in [9.17, 15) is 4.79 Å². The molecule has 1 aromatic carbocycles. The molecule has 4 rings (SSSR count). The third kappa shape index (κ3) is 4.37. The van der Waals surface area contributed by atoms with Crippen molar-refractivity contribution < 1.29 is 9.21 Å². The van der Waals surface area contributed by atoms with Crippen LogP contribution >= 0.6 is 11.8 Å². The van der Waals surface area contributed by atoms with Gasteiger partial charge in [-0.1, -0.05) is 43.3 Å². The first kappa shape index (κ1) is 19.7. The summed E-state index contributed by atoms with van der Waals surface area (Å²) in [5.74, 6) is 0.678. The number of rotatable bonds is 5. The van der Waals surface area contributed by atoms with E-state index >= 15 is 0 Å². The summed E-state index contributed by atoms with van der Waals surface area (Å²) in [5.41, 5.74) is 4.58. The highest BCUT2D eigenvalue weighted by Crippen LogP contribution is 2.41. The predicted octanol–water partition coefficient (Wildman–Crippen LogP) is 3.79. The van der Waals surface area contributed by atoms with Gasteiger partial charge in [0.15, 0.2) is 0 Å². The van der Waals surface area contributed by atoms with Crippen molar-refractivity contribution in [1.82, 2.24) is 25.3 Å². The summed E-state index contributed by atoms with van der Waals surface area (Å²) >= 11 is 1.25. The molecule has 0 spiro atoms. The fourth-order valence-electron chi connectivity index (χ4n) is 3.78. The molecule has 152 valence electrons. The topological polar surface area (TPSA) is 85.8 Å². The maximum atomic E-state index is 12.6. The van der Waals surface area contributed by atoms with Crippen molar-refractivity contribution in [3.05, 3.63) is 53.2 Å². The van der Waals surface area contributed by atoms with Crippen LogP contribution in [0.1, 0.15) is 49.0 Å². The van der Waals surface area contributed by atoms with Gasteiger partial charge in [-0.25, -0.2) is 4.68 Å². The molecule has 1 aliphatic carbocycles. The van der Waals surface area contributed by atoms with Crippen LogP contribution in [0.2, 0.25) is 0 Å². The Morgan fingerprint density at radius 3 is 2.72 bits per heavy atom. The number of carbonyl (C=O) groups is 1. The van der Waals surface area contributed by atoms with Gasteiger partial charge >= 0.3 is 0 Å². The molecule has 7 nitrogen and oxygen atoms in total. The number of nitrogens with one attached hydrogen (secondary N) is 1. The molecule has 0 saturated carbocycles. The molecule has 1 aliphatic rings. The molecule has 2 heterocycles. The molecule has 0 aliphatic heterocycles. The quantitative estimate of drug-likeness (QED) is 0.643. The van der Waals surface area contributed by atoms with Crippen molar-refractivity contribution >= 4 is 17.7 Å². The summed E-state index contributed by atoms with van der Waals surface area (Å²) in [4.78, 5) is 12.6. The Labute approximate surface area is 174 Å². The van der Waals surface area contributed by atoms with Crippen LogP contribution in [0.25, 0.3) is 5.69 Å². The molecular weight excluding hydrogens is 386 g/mol. The monoisotopic (exact) mass is 411 g/mol. The lowest BCUT2D eigenvalue weighted by atomic mass is 9.74. The third-order valence-corrected chi connectivity index (χ3v) is 5.95. The van der Waals surface area contributed by atoms with Crippen molar-refractivity contribution in [3.63, 3.8) is 0 Å². The summed E-state index contributed by atoms with van der Waals surface area (Å²) in [6.45, 7) is 8.27. The van der Waals surface area contributed by atoms with Gasteiger partial charge in [-0.3, -0.25) is 4.79 Å². The fourth-order valence-corrected chi connectivity index (χ4v) is 4.40. The number of aromatic nitrogens is 4. The predicted molar refractivity (Wildman–Crippen MR) is 111 cm³/mol. The number of benzene rings is 1. The Kier molecular flexibility index (Phi) is 5.21. The Bertz CT molecular complexity index is 1020. The van der Waals surface area contributed by atoms with E-state index in [0.717, 1.165) is 29.8 Å². The van der Waals surface area contributed by atoms with E-state index in [-0.39, 0.29) is 23.1 Å².